The molecule has 96 valence electrons. The summed E-state index contributed by atoms with van der Waals surface area (Å²) in [4.78, 5) is 8.42. The van der Waals surface area contributed by atoms with E-state index in [1.807, 2.05) is 20.2 Å². The van der Waals surface area contributed by atoms with Crippen LogP contribution < -0.4 is 10.1 Å². The summed E-state index contributed by atoms with van der Waals surface area (Å²) in [5.41, 5.74) is 1.91. The van der Waals surface area contributed by atoms with Gasteiger partial charge in [0.05, 0.1) is 18.0 Å². The zero-order valence-corrected chi connectivity index (χ0v) is 10.8. The monoisotopic (exact) mass is 247 g/mol. The zero-order valence-electron chi connectivity index (χ0n) is 10.8. The van der Waals surface area contributed by atoms with E-state index < -0.39 is 0 Å². The average molecular weight is 247 g/mol. The Balaban J connectivity index is 2.19. The maximum absolute atomic E-state index is 5.33. The number of hydrogen-bond donors (Lipinski definition) is 1. The van der Waals surface area contributed by atoms with Gasteiger partial charge >= 0.3 is 0 Å². The van der Waals surface area contributed by atoms with Crippen molar-refractivity contribution in [2.24, 2.45) is 7.05 Å². The van der Waals surface area contributed by atoms with Crippen LogP contribution >= 0.6 is 0 Å². The van der Waals surface area contributed by atoms with Crippen LogP contribution in [-0.2, 0) is 13.5 Å². The average Bonchev–Trinajstić information content (AvgIpc) is 2.70. The fourth-order valence-electron chi connectivity index (χ4n) is 1.65. The lowest BCUT2D eigenvalue weighted by molar-refractivity contribution is 0.327. The number of nitrogens with zero attached hydrogens (tertiary/aromatic N) is 4. The SMILES string of the molecule is CCOc1ccnc(Nc2cn(C)nc2CC)n1. The number of hydrogen-bond acceptors (Lipinski definition) is 5. The molecular weight excluding hydrogens is 230 g/mol. The van der Waals surface area contributed by atoms with Crippen molar-refractivity contribution in [1.82, 2.24) is 19.7 Å². The van der Waals surface area contributed by atoms with Crippen molar-refractivity contribution < 1.29 is 4.74 Å². The lowest BCUT2D eigenvalue weighted by atomic mass is 10.3. The van der Waals surface area contributed by atoms with E-state index in [2.05, 4.69) is 27.3 Å². The van der Waals surface area contributed by atoms with Crippen molar-refractivity contribution in [1.29, 1.82) is 0 Å². The largest absolute Gasteiger partial charge is 0.478 e. The van der Waals surface area contributed by atoms with Crippen LogP contribution in [0.3, 0.4) is 0 Å². The molecule has 6 nitrogen and oxygen atoms in total. The van der Waals surface area contributed by atoms with Crippen LogP contribution in [0.1, 0.15) is 19.5 Å². The summed E-state index contributed by atoms with van der Waals surface area (Å²) in [5.74, 6) is 1.08. The molecule has 0 bridgehead atoms. The van der Waals surface area contributed by atoms with E-state index in [1.165, 1.54) is 0 Å². The van der Waals surface area contributed by atoms with Gasteiger partial charge in [0, 0.05) is 25.5 Å². The van der Waals surface area contributed by atoms with E-state index in [4.69, 9.17) is 4.74 Å². The van der Waals surface area contributed by atoms with E-state index >= 15 is 0 Å². The van der Waals surface area contributed by atoms with Crippen LogP contribution in [0.25, 0.3) is 0 Å². The number of ether oxygens (including phenoxy) is 1. The molecule has 0 aliphatic heterocycles. The Labute approximate surface area is 106 Å². The van der Waals surface area contributed by atoms with E-state index in [1.54, 1.807) is 16.9 Å². The topological polar surface area (TPSA) is 64.9 Å². The molecule has 0 unspecified atom stereocenters. The maximum Gasteiger partial charge on any atom is 0.230 e. The molecule has 1 N–H and O–H groups in total. The zero-order chi connectivity index (χ0) is 13.0. The van der Waals surface area contributed by atoms with Gasteiger partial charge in [-0.1, -0.05) is 6.92 Å². The molecule has 0 radical (unpaired) electrons. The number of aryl methyl sites for hydroxylation is 2. The number of aromatic nitrogens is 4. The van der Waals surface area contributed by atoms with Crippen molar-refractivity contribution in [2.45, 2.75) is 20.3 Å². The highest BCUT2D eigenvalue weighted by Gasteiger charge is 2.07. The first-order valence-corrected chi connectivity index (χ1v) is 5.98. The van der Waals surface area contributed by atoms with Crippen molar-refractivity contribution in [3.63, 3.8) is 0 Å². The molecule has 0 amide bonds. The normalized spacial score (nSPS) is 10.4. The van der Waals surface area contributed by atoms with Crippen LogP contribution in [-0.4, -0.2) is 26.4 Å². The molecule has 0 aliphatic carbocycles. The minimum absolute atomic E-state index is 0.517. The van der Waals surface area contributed by atoms with Gasteiger partial charge in [-0.15, -0.1) is 0 Å². The Kier molecular flexibility index (Phi) is 3.76. The third-order valence-corrected chi connectivity index (χ3v) is 2.41. The predicted molar refractivity (Wildman–Crippen MR) is 69.1 cm³/mol. The fraction of sp³-hybridized carbons (Fsp3) is 0.417. The number of nitrogens with one attached hydrogen (secondary N) is 1. The first-order valence-electron chi connectivity index (χ1n) is 5.98. The fourth-order valence-corrected chi connectivity index (χ4v) is 1.65. The van der Waals surface area contributed by atoms with Gasteiger partial charge in [-0.25, -0.2) is 4.98 Å². The lowest BCUT2D eigenvalue weighted by Crippen LogP contribution is -2.01. The van der Waals surface area contributed by atoms with Crippen molar-refractivity contribution in [2.75, 3.05) is 11.9 Å². The third kappa shape index (κ3) is 2.77. The van der Waals surface area contributed by atoms with E-state index in [0.717, 1.165) is 17.8 Å². The Bertz CT molecular complexity index is 523. The molecule has 2 aromatic rings. The Morgan fingerprint density at radius 3 is 2.94 bits per heavy atom. The molecule has 2 rings (SSSR count). The summed E-state index contributed by atoms with van der Waals surface area (Å²) in [5, 5.41) is 7.51. The minimum Gasteiger partial charge on any atom is -0.478 e. The molecule has 0 atom stereocenters. The summed E-state index contributed by atoms with van der Waals surface area (Å²) < 4.78 is 7.11. The highest BCUT2D eigenvalue weighted by molar-refractivity contribution is 5.55. The van der Waals surface area contributed by atoms with Gasteiger partial charge in [0.15, 0.2) is 0 Å². The lowest BCUT2D eigenvalue weighted by Gasteiger charge is -2.05. The van der Waals surface area contributed by atoms with Gasteiger partial charge in [0.1, 0.15) is 0 Å². The van der Waals surface area contributed by atoms with Gasteiger partial charge < -0.3 is 10.1 Å². The van der Waals surface area contributed by atoms with Gasteiger partial charge in [-0.3, -0.25) is 4.68 Å². The van der Waals surface area contributed by atoms with Gasteiger partial charge in [0.25, 0.3) is 0 Å². The molecule has 0 saturated heterocycles. The van der Waals surface area contributed by atoms with Crippen LogP contribution in [0.2, 0.25) is 0 Å². The first kappa shape index (κ1) is 12.3. The quantitative estimate of drug-likeness (QED) is 0.874. The summed E-state index contributed by atoms with van der Waals surface area (Å²) in [6, 6.07) is 1.73. The summed E-state index contributed by atoms with van der Waals surface area (Å²) in [6.07, 6.45) is 4.44. The van der Waals surface area contributed by atoms with E-state index in [9.17, 15) is 0 Å². The van der Waals surface area contributed by atoms with Crippen molar-refractivity contribution in [3.05, 3.63) is 24.2 Å². The molecular formula is C12H17N5O. The number of rotatable bonds is 5. The minimum atomic E-state index is 0.517. The van der Waals surface area contributed by atoms with Crippen molar-refractivity contribution in [3.8, 4) is 5.88 Å². The highest BCUT2D eigenvalue weighted by atomic mass is 16.5. The maximum atomic E-state index is 5.33. The molecule has 2 aromatic heterocycles. The number of anilines is 2. The summed E-state index contributed by atoms with van der Waals surface area (Å²) in [6.45, 7) is 4.57. The molecule has 18 heavy (non-hydrogen) atoms. The van der Waals surface area contributed by atoms with Crippen LogP contribution in [0.4, 0.5) is 11.6 Å². The van der Waals surface area contributed by atoms with E-state index in [-0.39, 0.29) is 0 Å². The molecule has 0 aromatic carbocycles. The molecule has 0 saturated carbocycles. The molecule has 2 heterocycles. The second kappa shape index (κ2) is 5.48. The van der Waals surface area contributed by atoms with Crippen molar-refractivity contribution >= 4 is 11.6 Å². The Morgan fingerprint density at radius 1 is 1.39 bits per heavy atom. The summed E-state index contributed by atoms with van der Waals surface area (Å²) >= 11 is 0. The standard InChI is InChI=1S/C12H17N5O/c1-4-9-10(8-17(3)16-9)14-12-13-7-6-11(15-12)18-5-2/h6-8H,4-5H2,1-3H3,(H,13,14,15). The Morgan fingerprint density at radius 2 is 2.22 bits per heavy atom. The second-order valence-corrected chi connectivity index (χ2v) is 3.79. The second-order valence-electron chi connectivity index (χ2n) is 3.79. The molecule has 0 aliphatic rings. The molecule has 6 heteroatoms. The Hall–Kier alpha value is -2.11. The third-order valence-electron chi connectivity index (χ3n) is 2.41. The van der Waals surface area contributed by atoms with Crippen LogP contribution in [0, 0.1) is 0 Å². The summed E-state index contributed by atoms with van der Waals surface area (Å²) in [7, 11) is 1.89. The first-order chi connectivity index (χ1) is 8.72. The van der Waals surface area contributed by atoms with Gasteiger partial charge in [-0.2, -0.15) is 10.1 Å². The van der Waals surface area contributed by atoms with Crippen LogP contribution in [0.5, 0.6) is 5.88 Å². The smallest absolute Gasteiger partial charge is 0.230 e. The van der Waals surface area contributed by atoms with E-state index in [0.29, 0.717) is 18.4 Å². The molecule has 0 spiro atoms. The van der Waals surface area contributed by atoms with Gasteiger partial charge in [-0.05, 0) is 13.3 Å². The van der Waals surface area contributed by atoms with Gasteiger partial charge in [0.2, 0.25) is 11.8 Å². The highest BCUT2D eigenvalue weighted by Crippen LogP contribution is 2.18. The molecule has 0 fully saturated rings. The van der Waals surface area contributed by atoms with Crippen LogP contribution in [0.15, 0.2) is 18.5 Å². The predicted octanol–water partition coefficient (Wildman–Crippen LogP) is 1.91.